The summed E-state index contributed by atoms with van der Waals surface area (Å²) in [7, 11) is 1.36. The van der Waals surface area contributed by atoms with Gasteiger partial charge in [-0.15, -0.1) is 11.3 Å². The van der Waals surface area contributed by atoms with Crippen molar-refractivity contribution < 1.29 is 14.3 Å². The van der Waals surface area contributed by atoms with E-state index in [4.69, 9.17) is 4.74 Å². The molecule has 29 heavy (non-hydrogen) atoms. The van der Waals surface area contributed by atoms with Crippen molar-refractivity contribution >= 4 is 29.2 Å². The van der Waals surface area contributed by atoms with Gasteiger partial charge in [0, 0.05) is 49.5 Å². The van der Waals surface area contributed by atoms with Crippen molar-refractivity contribution in [1.82, 2.24) is 20.5 Å². The largest absolute Gasteiger partial charge is 0.466 e. The standard InChI is InChI=1S/C20H23N5O3S/c1-28-19(26)17-14(22-20(27)23-18(17)15-5-4-12-29-15)13-24-8-10-25(11-9-24)16-6-2-3-7-21-16/h2-7,12,18H,8-11,13H2,1H3,(H2,22,23,27)/t18-/m1/s1. The number of nitrogens with one attached hydrogen (secondary N) is 2. The van der Waals surface area contributed by atoms with Crippen molar-refractivity contribution in [2.24, 2.45) is 0 Å². The summed E-state index contributed by atoms with van der Waals surface area (Å²) < 4.78 is 5.03. The third-order valence-corrected chi connectivity index (χ3v) is 6.05. The number of esters is 1. The number of pyridine rings is 1. The van der Waals surface area contributed by atoms with E-state index in [0.717, 1.165) is 36.9 Å². The smallest absolute Gasteiger partial charge is 0.338 e. The van der Waals surface area contributed by atoms with E-state index in [1.54, 1.807) is 6.20 Å². The lowest BCUT2D eigenvalue weighted by Gasteiger charge is -2.37. The topological polar surface area (TPSA) is 86.8 Å². The number of thiophene rings is 1. The second kappa shape index (κ2) is 8.62. The van der Waals surface area contributed by atoms with Crippen LogP contribution in [0.2, 0.25) is 0 Å². The van der Waals surface area contributed by atoms with E-state index in [9.17, 15) is 9.59 Å². The lowest BCUT2D eigenvalue weighted by Crippen LogP contribution is -2.51. The molecule has 0 saturated carbocycles. The van der Waals surface area contributed by atoms with Gasteiger partial charge in [0.05, 0.1) is 18.7 Å². The number of carbonyl (C=O) groups is 2. The van der Waals surface area contributed by atoms with E-state index in [1.165, 1.54) is 18.4 Å². The summed E-state index contributed by atoms with van der Waals surface area (Å²) in [6.07, 6.45) is 1.80. The summed E-state index contributed by atoms with van der Waals surface area (Å²) >= 11 is 1.50. The third kappa shape index (κ3) is 4.25. The third-order valence-electron chi connectivity index (χ3n) is 5.11. The zero-order valence-electron chi connectivity index (χ0n) is 16.1. The monoisotopic (exact) mass is 413 g/mol. The number of carbonyl (C=O) groups excluding carboxylic acids is 2. The summed E-state index contributed by atoms with van der Waals surface area (Å²) in [5.41, 5.74) is 1.06. The van der Waals surface area contributed by atoms with Crippen molar-refractivity contribution in [1.29, 1.82) is 0 Å². The average molecular weight is 414 g/mol. The van der Waals surface area contributed by atoms with Gasteiger partial charge in [-0.05, 0) is 23.6 Å². The number of amides is 2. The number of piperazine rings is 1. The van der Waals surface area contributed by atoms with E-state index in [1.807, 2.05) is 35.7 Å². The maximum atomic E-state index is 12.6. The molecule has 0 spiro atoms. The molecule has 0 aromatic carbocycles. The van der Waals surface area contributed by atoms with Crippen LogP contribution in [0.3, 0.4) is 0 Å². The van der Waals surface area contributed by atoms with Crippen molar-refractivity contribution in [2.45, 2.75) is 6.04 Å². The van der Waals surface area contributed by atoms with Crippen LogP contribution in [0.25, 0.3) is 0 Å². The molecule has 1 atom stereocenters. The number of aromatic nitrogens is 1. The highest BCUT2D eigenvalue weighted by atomic mass is 32.1. The van der Waals surface area contributed by atoms with Gasteiger partial charge in [0.15, 0.2) is 0 Å². The molecule has 1 fully saturated rings. The van der Waals surface area contributed by atoms with Crippen molar-refractivity contribution in [3.63, 3.8) is 0 Å². The fourth-order valence-corrected chi connectivity index (χ4v) is 4.45. The number of rotatable bonds is 5. The molecule has 4 rings (SSSR count). The Balaban J connectivity index is 1.52. The molecular weight excluding hydrogens is 390 g/mol. The summed E-state index contributed by atoms with van der Waals surface area (Å²) in [4.78, 5) is 34.6. The SMILES string of the molecule is COC(=O)C1=C(CN2CCN(c3ccccn3)CC2)NC(=O)N[C@@H]1c1cccs1. The highest BCUT2D eigenvalue weighted by Crippen LogP contribution is 2.31. The van der Waals surface area contributed by atoms with Gasteiger partial charge < -0.3 is 20.3 Å². The molecule has 2 aromatic heterocycles. The minimum absolute atomic E-state index is 0.307. The van der Waals surface area contributed by atoms with Gasteiger partial charge in [-0.1, -0.05) is 12.1 Å². The van der Waals surface area contributed by atoms with Crippen molar-refractivity contribution in [3.05, 3.63) is 58.1 Å². The number of nitrogens with zero attached hydrogens (tertiary/aromatic N) is 3. The van der Waals surface area contributed by atoms with Crippen LogP contribution in [-0.2, 0) is 9.53 Å². The Kier molecular flexibility index (Phi) is 5.77. The van der Waals surface area contributed by atoms with Crippen LogP contribution in [0.4, 0.5) is 10.6 Å². The summed E-state index contributed by atoms with van der Waals surface area (Å²) in [6.45, 7) is 3.76. The van der Waals surface area contributed by atoms with Crippen LogP contribution in [0, 0.1) is 0 Å². The minimum atomic E-state index is -0.499. The number of urea groups is 1. The average Bonchev–Trinajstić information content (AvgIpc) is 3.29. The molecule has 2 aliphatic heterocycles. The summed E-state index contributed by atoms with van der Waals surface area (Å²) in [5, 5.41) is 7.60. The Morgan fingerprint density at radius 2 is 2.07 bits per heavy atom. The van der Waals surface area contributed by atoms with Crippen LogP contribution in [-0.4, -0.2) is 61.7 Å². The molecule has 0 unspecified atom stereocenters. The van der Waals surface area contributed by atoms with Crippen LogP contribution in [0.15, 0.2) is 53.2 Å². The normalized spacial score (nSPS) is 20.2. The van der Waals surface area contributed by atoms with Crippen LogP contribution >= 0.6 is 11.3 Å². The number of ether oxygens (including phenoxy) is 1. The molecule has 2 N–H and O–H groups in total. The van der Waals surface area contributed by atoms with Gasteiger partial charge in [-0.2, -0.15) is 0 Å². The first-order valence-corrected chi connectivity index (χ1v) is 10.3. The zero-order valence-corrected chi connectivity index (χ0v) is 16.9. The maximum absolute atomic E-state index is 12.6. The van der Waals surface area contributed by atoms with Gasteiger partial charge in [-0.25, -0.2) is 14.6 Å². The number of hydrogen-bond donors (Lipinski definition) is 2. The molecule has 152 valence electrons. The lowest BCUT2D eigenvalue weighted by atomic mass is 10.0. The first-order valence-electron chi connectivity index (χ1n) is 9.46. The van der Waals surface area contributed by atoms with E-state index in [0.29, 0.717) is 17.8 Å². The minimum Gasteiger partial charge on any atom is -0.466 e. The molecule has 0 aliphatic carbocycles. The lowest BCUT2D eigenvalue weighted by molar-refractivity contribution is -0.136. The van der Waals surface area contributed by atoms with Crippen LogP contribution < -0.4 is 15.5 Å². The van der Waals surface area contributed by atoms with Gasteiger partial charge >= 0.3 is 12.0 Å². The molecule has 2 amide bonds. The number of methoxy groups -OCH3 is 1. The van der Waals surface area contributed by atoms with E-state index >= 15 is 0 Å². The number of anilines is 1. The maximum Gasteiger partial charge on any atom is 0.338 e. The fraction of sp³-hybridized carbons (Fsp3) is 0.350. The zero-order chi connectivity index (χ0) is 20.2. The Hall–Kier alpha value is -2.91. The molecular formula is C20H23N5O3S. The Labute approximate surface area is 173 Å². The quantitative estimate of drug-likeness (QED) is 0.727. The number of hydrogen-bond acceptors (Lipinski definition) is 7. The van der Waals surface area contributed by atoms with Crippen molar-refractivity contribution in [2.75, 3.05) is 44.7 Å². The fourth-order valence-electron chi connectivity index (χ4n) is 3.66. The van der Waals surface area contributed by atoms with E-state index in [-0.39, 0.29) is 6.03 Å². The van der Waals surface area contributed by atoms with Crippen LogP contribution in [0.5, 0.6) is 0 Å². The Morgan fingerprint density at radius 1 is 1.24 bits per heavy atom. The highest BCUT2D eigenvalue weighted by Gasteiger charge is 2.35. The molecule has 1 saturated heterocycles. The molecule has 2 aliphatic rings. The molecule has 9 heteroatoms. The van der Waals surface area contributed by atoms with E-state index in [2.05, 4.69) is 25.4 Å². The summed E-state index contributed by atoms with van der Waals surface area (Å²) in [5.74, 6) is 0.535. The summed E-state index contributed by atoms with van der Waals surface area (Å²) in [6, 6.07) is 8.90. The van der Waals surface area contributed by atoms with Gasteiger partial charge in [0.25, 0.3) is 0 Å². The van der Waals surface area contributed by atoms with Gasteiger partial charge in [-0.3, -0.25) is 4.90 Å². The molecule has 2 aromatic rings. The Morgan fingerprint density at radius 3 is 2.72 bits per heavy atom. The first kappa shape index (κ1) is 19.4. The first-order chi connectivity index (χ1) is 14.2. The van der Waals surface area contributed by atoms with Gasteiger partial charge in [0.1, 0.15) is 5.82 Å². The Bertz CT molecular complexity index is 892. The second-order valence-electron chi connectivity index (χ2n) is 6.88. The van der Waals surface area contributed by atoms with Crippen LogP contribution in [0.1, 0.15) is 10.9 Å². The molecule has 0 bridgehead atoms. The van der Waals surface area contributed by atoms with Crippen molar-refractivity contribution in [3.8, 4) is 0 Å². The molecule has 0 radical (unpaired) electrons. The molecule has 4 heterocycles. The van der Waals surface area contributed by atoms with Gasteiger partial charge in [0.2, 0.25) is 0 Å². The predicted molar refractivity (Wildman–Crippen MR) is 111 cm³/mol. The highest BCUT2D eigenvalue weighted by molar-refractivity contribution is 7.10. The predicted octanol–water partition coefficient (Wildman–Crippen LogP) is 1.75. The molecule has 8 nitrogen and oxygen atoms in total. The van der Waals surface area contributed by atoms with E-state index < -0.39 is 12.0 Å². The second-order valence-corrected chi connectivity index (χ2v) is 7.86.